The van der Waals surface area contributed by atoms with E-state index in [1.54, 1.807) is 26.0 Å². The quantitative estimate of drug-likeness (QED) is 0.533. The first kappa shape index (κ1) is 23.5. The molecule has 8 heteroatoms. The van der Waals surface area contributed by atoms with E-state index in [1.165, 1.54) is 0 Å². The molecule has 1 aromatic heterocycles. The number of benzene rings is 2. The molecule has 0 saturated carbocycles. The summed E-state index contributed by atoms with van der Waals surface area (Å²) in [6.45, 7) is 8.96. The topological polar surface area (TPSA) is 95.2 Å². The van der Waals surface area contributed by atoms with E-state index in [9.17, 15) is 13.2 Å². The summed E-state index contributed by atoms with van der Waals surface area (Å²) in [4.78, 5) is 13.0. The molecule has 0 aliphatic heterocycles. The van der Waals surface area contributed by atoms with Crippen LogP contribution in [0.25, 0.3) is 0 Å². The molecule has 7 nitrogen and oxygen atoms in total. The Morgan fingerprint density at radius 1 is 1.00 bits per heavy atom. The second-order valence-corrected chi connectivity index (χ2v) is 10.0. The summed E-state index contributed by atoms with van der Waals surface area (Å²) < 4.78 is 28.4. The van der Waals surface area contributed by atoms with E-state index < -0.39 is 15.9 Å². The van der Waals surface area contributed by atoms with Crippen molar-refractivity contribution in [1.29, 1.82) is 0 Å². The molecule has 3 rings (SSSR count). The lowest BCUT2D eigenvalue weighted by Crippen LogP contribution is -2.41. The molecule has 32 heavy (non-hydrogen) atoms. The monoisotopic (exact) mass is 454 g/mol. The lowest BCUT2D eigenvalue weighted by Gasteiger charge is -2.25. The van der Waals surface area contributed by atoms with Crippen LogP contribution in [0, 0.1) is 13.8 Å². The molecule has 0 aliphatic carbocycles. The number of carbonyl (C=O) groups excluding carboxylic acids is 1. The lowest BCUT2D eigenvalue weighted by atomic mass is 10.0. The van der Waals surface area contributed by atoms with Gasteiger partial charge in [-0.25, -0.2) is 8.42 Å². The van der Waals surface area contributed by atoms with Crippen molar-refractivity contribution < 1.29 is 13.2 Å². The maximum atomic E-state index is 13.6. The van der Waals surface area contributed by atoms with Gasteiger partial charge in [0.2, 0.25) is 5.91 Å². The molecule has 2 N–H and O–H groups in total. The molecular formula is C24H30N4O3S. The third-order valence-electron chi connectivity index (χ3n) is 5.42. The summed E-state index contributed by atoms with van der Waals surface area (Å²) in [5.74, 6) is -0.0841. The molecule has 3 aromatic rings. The Labute approximate surface area is 189 Å². The number of H-pyrrole nitrogens is 1. The normalized spacial score (nSPS) is 12.6. The van der Waals surface area contributed by atoms with Gasteiger partial charge in [-0.15, -0.1) is 0 Å². The molecule has 1 heterocycles. The molecular weight excluding hydrogens is 424 g/mol. The van der Waals surface area contributed by atoms with Crippen molar-refractivity contribution in [2.24, 2.45) is 0 Å². The highest BCUT2D eigenvalue weighted by Gasteiger charge is 2.32. The number of hydrogen-bond acceptors (Lipinski definition) is 4. The summed E-state index contributed by atoms with van der Waals surface area (Å²) >= 11 is 0. The Bertz CT molecular complexity index is 1150. The number of anilines is 1. The summed E-state index contributed by atoms with van der Waals surface area (Å²) in [7, 11) is -4.02. The Morgan fingerprint density at radius 3 is 2.16 bits per heavy atom. The highest BCUT2D eigenvalue weighted by molar-refractivity contribution is 7.93. The summed E-state index contributed by atoms with van der Waals surface area (Å²) in [6, 6.07) is 16.5. The van der Waals surface area contributed by atoms with Gasteiger partial charge < -0.3 is 5.32 Å². The number of aromatic nitrogens is 2. The zero-order valence-electron chi connectivity index (χ0n) is 19.1. The SMILES string of the molecule is Cc1n[nH]c(C)c1S(=O)(=O)N(CC(=O)N[C@@H](C)c1ccccc1)c1ccc(C(C)C)cc1. The Hall–Kier alpha value is -3.13. The molecule has 0 aliphatic rings. The van der Waals surface area contributed by atoms with Crippen LogP contribution in [0.1, 0.15) is 55.2 Å². The number of aromatic amines is 1. The van der Waals surface area contributed by atoms with Crippen LogP contribution >= 0.6 is 0 Å². The van der Waals surface area contributed by atoms with Crippen LogP contribution in [0.5, 0.6) is 0 Å². The van der Waals surface area contributed by atoms with Crippen LogP contribution < -0.4 is 9.62 Å². The van der Waals surface area contributed by atoms with Crippen LogP contribution in [0.2, 0.25) is 0 Å². The van der Waals surface area contributed by atoms with E-state index in [-0.39, 0.29) is 17.5 Å². The van der Waals surface area contributed by atoms with Gasteiger partial charge in [0.1, 0.15) is 11.4 Å². The van der Waals surface area contributed by atoms with Gasteiger partial charge in [-0.3, -0.25) is 14.2 Å². The van der Waals surface area contributed by atoms with Crippen molar-refractivity contribution in [1.82, 2.24) is 15.5 Å². The molecule has 1 atom stereocenters. The predicted octanol–water partition coefficient (Wildman–Crippen LogP) is 4.22. The first-order chi connectivity index (χ1) is 15.1. The minimum absolute atomic E-state index is 0.0920. The van der Waals surface area contributed by atoms with Crippen molar-refractivity contribution in [2.75, 3.05) is 10.8 Å². The lowest BCUT2D eigenvalue weighted by molar-refractivity contribution is -0.120. The average Bonchev–Trinajstić information content (AvgIpc) is 3.11. The minimum atomic E-state index is -4.02. The van der Waals surface area contributed by atoms with Gasteiger partial charge in [-0.1, -0.05) is 56.3 Å². The molecule has 0 bridgehead atoms. The maximum absolute atomic E-state index is 13.6. The van der Waals surface area contributed by atoms with Gasteiger partial charge in [-0.2, -0.15) is 5.10 Å². The van der Waals surface area contributed by atoms with E-state index in [0.717, 1.165) is 15.4 Å². The first-order valence-electron chi connectivity index (χ1n) is 10.6. The standard InChI is InChI=1S/C24H30N4O3S/c1-16(2)20-11-13-22(14-12-20)28(32(30,31)24-18(4)26-27-19(24)5)15-23(29)25-17(3)21-9-7-6-8-10-21/h6-14,16-17H,15H2,1-5H3,(H,25,29)(H,26,27)/t17-/m0/s1. The molecule has 0 unspecified atom stereocenters. The number of aryl methyl sites for hydroxylation is 2. The Kier molecular flexibility index (Phi) is 7.03. The van der Waals surface area contributed by atoms with Crippen molar-refractivity contribution in [3.8, 4) is 0 Å². The van der Waals surface area contributed by atoms with Crippen molar-refractivity contribution in [2.45, 2.75) is 51.5 Å². The number of hydrogen-bond donors (Lipinski definition) is 2. The number of nitrogens with one attached hydrogen (secondary N) is 2. The summed E-state index contributed by atoms with van der Waals surface area (Å²) in [5, 5.41) is 9.66. The van der Waals surface area contributed by atoms with Gasteiger partial charge in [0.15, 0.2) is 0 Å². The number of amides is 1. The third kappa shape index (κ3) is 5.02. The highest BCUT2D eigenvalue weighted by Crippen LogP contribution is 2.28. The summed E-state index contributed by atoms with van der Waals surface area (Å²) in [6.07, 6.45) is 0. The zero-order chi connectivity index (χ0) is 23.5. The smallest absolute Gasteiger partial charge is 0.268 e. The maximum Gasteiger partial charge on any atom is 0.268 e. The fourth-order valence-electron chi connectivity index (χ4n) is 3.61. The van der Waals surface area contributed by atoms with Gasteiger partial charge in [0.05, 0.1) is 23.1 Å². The fraction of sp³-hybridized carbons (Fsp3) is 0.333. The van der Waals surface area contributed by atoms with E-state index in [4.69, 9.17) is 0 Å². The molecule has 170 valence electrons. The average molecular weight is 455 g/mol. The van der Waals surface area contributed by atoms with Crippen LogP contribution in [0.15, 0.2) is 59.5 Å². The van der Waals surface area contributed by atoms with Gasteiger partial charge in [0, 0.05) is 0 Å². The third-order valence-corrected chi connectivity index (χ3v) is 7.46. The Balaban J connectivity index is 1.94. The van der Waals surface area contributed by atoms with E-state index in [0.29, 0.717) is 23.0 Å². The van der Waals surface area contributed by atoms with Crippen molar-refractivity contribution in [3.05, 3.63) is 77.1 Å². The van der Waals surface area contributed by atoms with Gasteiger partial charge in [0.25, 0.3) is 10.0 Å². The number of carbonyl (C=O) groups is 1. The Morgan fingerprint density at radius 2 is 1.62 bits per heavy atom. The minimum Gasteiger partial charge on any atom is -0.348 e. The number of nitrogens with zero attached hydrogens (tertiary/aromatic N) is 2. The molecule has 0 spiro atoms. The van der Waals surface area contributed by atoms with Crippen LogP contribution in [0.4, 0.5) is 5.69 Å². The first-order valence-corrected chi connectivity index (χ1v) is 12.0. The van der Waals surface area contributed by atoms with Crippen molar-refractivity contribution >= 4 is 21.6 Å². The largest absolute Gasteiger partial charge is 0.348 e. The van der Waals surface area contributed by atoms with E-state index >= 15 is 0 Å². The van der Waals surface area contributed by atoms with Crippen LogP contribution in [-0.2, 0) is 14.8 Å². The second-order valence-electron chi connectivity index (χ2n) is 8.22. The second kappa shape index (κ2) is 9.56. The fourth-order valence-corrected chi connectivity index (χ4v) is 5.37. The summed E-state index contributed by atoms with van der Waals surface area (Å²) in [5.41, 5.74) is 3.26. The highest BCUT2D eigenvalue weighted by atomic mass is 32.2. The van der Waals surface area contributed by atoms with Crippen molar-refractivity contribution in [3.63, 3.8) is 0 Å². The van der Waals surface area contributed by atoms with Gasteiger partial charge >= 0.3 is 0 Å². The van der Waals surface area contributed by atoms with Crippen LogP contribution in [-0.4, -0.2) is 31.1 Å². The molecule has 0 fully saturated rings. The van der Waals surface area contributed by atoms with Crippen LogP contribution in [0.3, 0.4) is 0 Å². The molecule has 1 amide bonds. The molecule has 0 saturated heterocycles. The molecule has 0 radical (unpaired) electrons. The molecule has 2 aromatic carbocycles. The van der Waals surface area contributed by atoms with E-state index in [1.807, 2.05) is 49.4 Å². The number of sulfonamides is 1. The van der Waals surface area contributed by atoms with Gasteiger partial charge in [-0.05, 0) is 49.9 Å². The van der Waals surface area contributed by atoms with E-state index in [2.05, 4.69) is 29.4 Å². The zero-order valence-corrected chi connectivity index (χ0v) is 19.9. The number of rotatable bonds is 8. The predicted molar refractivity (Wildman–Crippen MR) is 126 cm³/mol.